The SMILES string of the molecule is COc1ccc(C2CCC2Cl)cc1. The molecule has 70 valence electrons. The van der Waals surface area contributed by atoms with Crippen LogP contribution in [0.2, 0.25) is 0 Å². The van der Waals surface area contributed by atoms with Crippen LogP contribution in [0.15, 0.2) is 24.3 Å². The molecule has 0 amide bonds. The number of alkyl halides is 1. The second-order valence-electron chi connectivity index (χ2n) is 3.47. The number of halogens is 1. The molecule has 2 heteroatoms. The summed E-state index contributed by atoms with van der Waals surface area (Å²) in [6.45, 7) is 0. The summed E-state index contributed by atoms with van der Waals surface area (Å²) in [5.41, 5.74) is 1.34. The van der Waals surface area contributed by atoms with Gasteiger partial charge in [-0.05, 0) is 30.5 Å². The number of ether oxygens (including phenoxy) is 1. The van der Waals surface area contributed by atoms with E-state index in [1.54, 1.807) is 7.11 Å². The van der Waals surface area contributed by atoms with Crippen molar-refractivity contribution in [2.45, 2.75) is 24.1 Å². The summed E-state index contributed by atoms with van der Waals surface area (Å²) >= 11 is 6.09. The van der Waals surface area contributed by atoms with E-state index < -0.39 is 0 Å². The lowest BCUT2D eigenvalue weighted by Gasteiger charge is -2.32. The Bertz CT molecular complexity index is 281. The first-order valence-corrected chi connectivity index (χ1v) is 5.03. The third kappa shape index (κ3) is 1.66. The lowest BCUT2D eigenvalue weighted by molar-refractivity contribution is 0.411. The minimum atomic E-state index is 0.341. The maximum absolute atomic E-state index is 6.09. The van der Waals surface area contributed by atoms with E-state index in [2.05, 4.69) is 12.1 Å². The van der Waals surface area contributed by atoms with Gasteiger partial charge in [0.25, 0.3) is 0 Å². The van der Waals surface area contributed by atoms with Gasteiger partial charge in [0, 0.05) is 11.3 Å². The summed E-state index contributed by atoms with van der Waals surface area (Å²) in [6.07, 6.45) is 2.37. The molecule has 1 saturated carbocycles. The molecule has 0 heterocycles. The monoisotopic (exact) mass is 196 g/mol. The van der Waals surface area contributed by atoms with Crippen LogP contribution < -0.4 is 4.74 Å². The lowest BCUT2D eigenvalue weighted by Crippen LogP contribution is -2.23. The van der Waals surface area contributed by atoms with Crippen LogP contribution in [-0.2, 0) is 0 Å². The highest BCUT2D eigenvalue weighted by Gasteiger charge is 2.29. The van der Waals surface area contributed by atoms with Crippen LogP contribution in [-0.4, -0.2) is 12.5 Å². The van der Waals surface area contributed by atoms with Crippen LogP contribution >= 0.6 is 11.6 Å². The summed E-state index contributed by atoms with van der Waals surface area (Å²) < 4.78 is 5.09. The van der Waals surface area contributed by atoms with Gasteiger partial charge < -0.3 is 4.74 Å². The van der Waals surface area contributed by atoms with Crippen molar-refractivity contribution in [1.82, 2.24) is 0 Å². The molecule has 2 atom stereocenters. The summed E-state index contributed by atoms with van der Waals surface area (Å²) in [7, 11) is 1.68. The minimum absolute atomic E-state index is 0.341. The number of hydrogen-bond donors (Lipinski definition) is 0. The average molecular weight is 197 g/mol. The number of benzene rings is 1. The van der Waals surface area contributed by atoms with Crippen LogP contribution in [0.1, 0.15) is 24.3 Å². The smallest absolute Gasteiger partial charge is 0.118 e. The zero-order chi connectivity index (χ0) is 9.26. The van der Waals surface area contributed by atoms with E-state index in [9.17, 15) is 0 Å². The second kappa shape index (κ2) is 3.59. The predicted molar refractivity (Wildman–Crippen MR) is 54.6 cm³/mol. The molecule has 1 aliphatic rings. The first-order valence-electron chi connectivity index (χ1n) is 4.59. The van der Waals surface area contributed by atoms with E-state index in [1.807, 2.05) is 12.1 Å². The van der Waals surface area contributed by atoms with Crippen molar-refractivity contribution >= 4 is 11.6 Å². The quantitative estimate of drug-likeness (QED) is 0.661. The molecule has 1 fully saturated rings. The molecule has 0 N–H and O–H groups in total. The third-order valence-electron chi connectivity index (χ3n) is 2.73. The van der Waals surface area contributed by atoms with Crippen molar-refractivity contribution < 1.29 is 4.74 Å². The topological polar surface area (TPSA) is 9.23 Å². The van der Waals surface area contributed by atoms with Crippen molar-refractivity contribution in [2.24, 2.45) is 0 Å². The Morgan fingerprint density at radius 3 is 2.31 bits per heavy atom. The van der Waals surface area contributed by atoms with E-state index in [0.29, 0.717) is 11.3 Å². The van der Waals surface area contributed by atoms with Crippen molar-refractivity contribution in [3.8, 4) is 5.75 Å². The van der Waals surface area contributed by atoms with Crippen molar-refractivity contribution in [3.05, 3.63) is 29.8 Å². The Kier molecular flexibility index (Phi) is 2.45. The molecule has 0 saturated heterocycles. The van der Waals surface area contributed by atoms with Gasteiger partial charge >= 0.3 is 0 Å². The highest BCUT2D eigenvalue weighted by Crippen LogP contribution is 2.40. The van der Waals surface area contributed by atoms with Crippen molar-refractivity contribution in [3.63, 3.8) is 0 Å². The summed E-state index contributed by atoms with van der Waals surface area (Å²) in [5.74, 6) is 1.47. The molecule has 0 aromatic heterocycles. The molecule has 13 heavy (non-hydrogen) atoms. The van der Waals surface area contributed by atoms with Crippen LogP contribution in [0.25, 0.3) is 0 Å². The predicted octanol–water partition coefficient (Wildman–Crippen LogP) is 3.18. The highest BCUT2D eigenvalue weighted by atomic mass is 35.5. The number of rotatable bonds is 2. The number of methoxy groups -OCH3 is 1. The fourth-order valence-electron chi connectivity index (χ4n) is 1.69. The molecular formula is C11H13ClO. The average Bonchev–Trinajstić information content (AvgIpc) is 2.17. The molecule has 0 bridgehead atoms. The standard InChI is InChI=1S/C11H13ClO/c1-13-9-4-2-8(3-5-9)10-6-7-11(10)12/h2-5,10-11H,6-7H2,1H3. The Labute approximate surface area is 83.7 Å². The van der Waals surface area contributed by atoms with Crippen LogP contribution in [0.5, 0.6) is 5.75 Å². The second-order valence-corrected chi connectivity index (χ2v) is 4.03. The Hall–Kier alpha value is -0.690. The molecule has 1 nitrogen and oxygen atoms in total. The molecule has 0 aliphatic heterocycles. The van der Waals surface area contributed by atoms with Gasteiger partial charge in [-0.25, -0.2) is 0 Å². The van der Waals surface area contributed by atoms with Gasteiger partial charge in [-0.15, -0.1) is 11.6 Å². The largest absolute Gasteiger partial charge is 0.497 e. The van der Waals surface area contributed by atoms with E-state index in [1.165, 1.54) is 12.0 Å². The summed E-state index contributed by atoms with van der Waals surface area (Å²) in [5, 5.41) is 0.341. The highest BCUT2D eigenvalue weighted by molar-refractivity contribution is 6.21. The van der Waals surface area contributed by atoms with Gasteiger partial charge in [-0.1, -0.05) is 12.1 Å². The van der Waals surface area contributed by atoms with E-state index >= 15 is 0 Å². The molecule has 1 aromatic rings. The molecule has 0 spiro atoms. The fourth-order valence-corrected chi connectivity index (χ4v) is 2.08. The Morgan fingerprint density at radius 2 is 1.92 bits per heavy atom. The first-order chi connectivity index (χ1) is 6.31. The Balaban J connectivity index is 2.13. The molecular weight excluding hydrogens is 184 g/mol. The van der Waals surface area contributed by atoms with Crippen molar-refractivity contribution in [1.29, 1.82) is 0 Å². The maximum atomic E-state index is 6.09. The van der Waals surface area contributed by atoms with Gasteiger partial charge in [-0.2, -0.15) is 0 Å². The van der Waals surface area contributed by atoms with Gasteiger partial charge in [0.1, 0.15) is 5.75 Å². The molecule has 1 aromatic carbocycles. The normalized spacial score (nSPS) is 26.6. The molecule has 0 radical (unpaired) electrons. The molecule has 2 rings (SSSR count). The third-order valence-corrected chi connectivity index (χ3v) is 3.26. The zero-order valence-corrected chi connectivity index (χ0v) is 8.42. The van der Waals surface area contributed by atoms with Crippen LogP contribution in [0, 0.1) is 0 Å². The molecule has 2 unspecified atom stereocenters. The fraction of sp³-hybridized carbons (Fsp3) is 0.455. The summed E-state index contributed by atoms with van der Waals surface area (Å²) in [6, 6.07) is 8.21. The van der Waals surface area contributed by atoms with Gasteiger partial charge in [-0.3, -0.25) is 0 Å². The lowest BCUT2D eigenvalue weighted by atomic mass is 9.79. The van der Waals surface area contributed by atoms with Gasteiger partial charge in [0.2, 0.25) is 0 Å². The van der Waals surface area contributed by atoms with Gasteiger partial charge in [0.05, 0.1) is 7.11 Å². The molecule has 1 aliphatic carbocycles. The maximum Gasteiger partial charge on any atom is 0.118 e. The van der Waals surface area contributed by atoms with E-state index in [-0.39, 0.29) is 0 Å². The van der Waals surface area contributed by atoms with Gasteiger partial charge in [0.15, 0.2) is 0 Å². The van der Waals surface area contributed by atoms with Crippen LogP contribution in [0.4, 0.5) is 0 Å². The zero-order valence-electron chi connectivity index (χ0n) is 7.66. The van der Waals surface area contributed by atoms with E-state index in [4.69, 9.17) is 16.3 Å². The number of hydrogen-bond acceptors (Lipinski definition) is 1. The van der Waals surface area contributed by atoms with E-state index in [0.717, 1.165) is 12.2 Å². The van der Waals surface area contributed by atoms with Crippen LogP contribution in [0.3, 0.4) is 0 Å². The first kappa shape index (κ1) is 8.89. The Morgan fingerprint density at radius 1 is 1.23 bits per heavy atom. The van der Waals surface area contributed by atoms with Crippen molar-refractivity contribution in [2.75, 3.05) is 7.11 Å². The summed E-state index contributed by atoms with van der Waals surface area (Å²) in [4.78, 5) is 0. The minimum Gasteiger partial charge on any atom is -0.497 e.